The molecule has 0 amide bonds. The van der Waals surface area contributed by atoms with Gasteiger partial charge in [0.1, 0.15) is 6.71 Å². The third-order valence-corrected chi connectivity index (χ3v) is 14.5. The second kappa shape index (κ2) is 11.2. The Kier molecular flexibility index (Phi) is 7.62. The monoisotopic (exact) mass is 534 g/mol. The lowest BCUT2D eigenvalue weighted by atomic mass is 9.16. The van der Waals surface area contributed by atoms with E-state index in [-0.39, 0.29) is 0 Å². The highest BCUT2D eigenvalue weighted by atomic mass is 15.3. The van der Waals surface area contributed by atoms with E-state index in [0.717, 1.165) is 54.1 Å². The topological polar surface area (TPSA) is 39.3 Å². The molecule has 0 aromatic carbocycles. The summed E-state index contributed by atoms with van der Waals surface area (Å²) < 4.78 is 0. The minimum Gasteiger partial charge on any atom is -0.316 e. The Bertz CT molecular complexity index is 720. The molecule has 0 bridgehead atoms. The van der Waals surface area contributed by atoms with Crippen molar-refractivity contribution in [2.45, 2.75) is 170 Å². The van der Waals surface area contributed by atoms with E-state index in [1.54, 1.807) is 19.3 Å². The fourth-order valence-electron chi connectivity index (χ4n) is 13.6. The minimum absolute atomic E-state index is 0.454. The highest BCUT2D eigenvalue weighted by molar-refractivity contribution is 6.64. The average Bonchev–Trinajstić information content (AvgIpc) is 3.02. The average molecular weight is 535 g/mol. The van der Waals surface area contributed by atoms with Gasteiger partial charge < -0.3 is 16.0 Å². The number of rotatable bonds is 2. The van der Waals surface area contributed by atoms with Crippen LogP contribution in [0.5, 0.6) is 0 Å². The van der Waals surface area contributed by atoms with Crippen LogP contribution >= 0.6 is 0 Å². The lowest BCUT2D eigenvalue weighted by molar-refractivity contribution is -0.169. The van der Waals surface area contributed by atoms with Crippen LogP contribution in [-0.2, 0) is 0 Å². The molecule has 8 fully saturated rings. The maximum atomic E-state index is 4.43. The van der Waals surface area contributed by atoms with Crippen LogP contribution in [0.4, 0.5) is 0 Å². The molecule has 0 radical (unpaired) electrons. The summed E-state index contributed by atoms with van der Waals surface area (Å²) in [7, 11) is 0. The van der Waals surface area contributed by atoms with Gasteiger partial charge in [-0.15, -0.1) is 0 Å². The molecule has 218 valence electrons. The first-order valence-corrected chi connectivity index (χ1v) is 18.3. The van der Waals surface area contributed by atoms with Crippen LogP contribution in [0.3, 0.4) is 0 Å². The highest BCUT2D eigenvalue weighted by Gasteiger charge is 2.71. The summed E-state index contributed by atoms with van der Waals surface area (Å²) in [5.41, 5.74) is 0.454. The van der Waals surface area contributed by atoms with Gasteiger partial charge in [0.15, 0.2) is 0 Å². The molecule has 5 saturated heterocycles. The first kappa shape index (κ1) is 26.5. The lowest BCUT2D eigenvalue weighted by Crippen LogP contribution is -2.84. The summed E-state index contributed by atoms with van der Waals surface area (Å²) in [6, 6.07) is 3.87. The predicted molar refractivity (Wildman–Crippen MR) is 164 cm³/mol. The van der Waals surface area contributed by atoms with Crippen LogP contribution in [0.1, 0.15) is 122 Å². The van der Waals surface area contributed by atoms with Crippen LogP contribution in [0, 0.1) is 17.3 Å². The van der Waals surface area contributed by atoms with Crippen molar-refractivity contribution in [3.05, 3.63) is 0 Å². The summed E-state index contributed by atoms with van der Waals surface area (Å²) in [6.45, 7) is 6.18. The molecule has 8 rings (SSSR count). The van der Waals surface area contributed by atoms with Gasteiger partial charge in [0.2, 0.25) is 0 Å². The normalized spacial score (nSPS) is 48.2. The molecule has 5 heterocycles. The van der Waals surface area contributed by atoms with E-state index in [9.17, 15) is 0 Å². The molecule has 3 saturated carbocycles. The molecule has 4 nitrogen and oxygen atoms in total. The SMILES string of the molecule is C1CCC(B2C3CCCCC3C3(C4CNCCC24)C2NCCCC2N(C2CCCCC2)C2CCCNC23)CC1. The molecule has 1 spiro atoms. The molecular weight excluding hydrogens is 475 g/mol. The van der Waals surface area contributed by atoms with Gasteiger partial charge in [0, 0.05) is 35.6 Å². The zero-order valence-corrected chi connectivity index (χ0v) is 25.1. The van der Waals surface area contributed by atoms with Gasteiger partial charge in [-0.1, -0.05) is 94.5 Å². The van der Waals surface area contributed by atoms with E-state index in [0.29, 0.717) is 17.5 Å². The fourth-order valence-corrected chi connectivity index (χ4v) is 13.6. The summed E-state index contributed by atoms with van der Waals surface area (Å²) in [5.74, 6) is 4.85. The number of likely N-dealkylation sites (tertiary alicyclic amines) is 1. The Morgan fingerprint density at radius 1 is 0.538 bits per heavy atom. The highest BCUT2D eigenvalue weighted by Crippen LogP contribution is 2.69. The largest absolute Gasteiger partial charge is 0.316 e. The smallest absolute Gasteiger partial charge is 0.150 e. The van der Waals surface area contributed by atoms with Crippen LogP contribution in [0.15, 0.2) is 0 Å². The van der Waals surface area contributed by atoms with Crippen molar-refractivity contribution >= 4 is 6.71 Å². The molecule has 3 N–H and O–H groups in total. The third kappa shape index (κ3) is 4.20. The van der Waals surface area contributed by atoms with Gasteiger partial charge in [-0.05, 0) is 83.0 Å². The van der Waals surface area contributed by atoms with Gasteiger partial charge >= 0.3 is 0 Å². The Hall–Kier alpha value is -0.0951. The van der Waals surface area contributed by atoms with Gasteiger partial charge in [-0.25, -0.2) is 0 Å². The number of fused-ring (bicyclic) bond motifs is 8. The molecule has 5 heteroatoms. The zero-order chi connectivity index (χ0) is 25.8. The van der Waals surface area contributed by atoms with E-state index in [1.807, 2.05) is 0 Å². The molecule has 8 aliphatic rings. The molecular formula is C34H59BN4. The molecule has 39 heavy (non-hydrogen) atoms. The predicted octanol–water partition coefficient (Wildman–Crippen LogP) is 6.25. The van der Waals surface area contributed by atoms with E-state index >= 15 is 0 Å². The molecule has 0 aromatic heterocycles. The number of nitrogens with one attached hydrogen (secondary N) is 3. The van der Waals surface area contributed by atoms with Crippen molar-refractivity contribution in [1.82, 2.24) is 20.9 Å². The van der Waals surface area contributed by atoms with Crippen molar-refractivity contribution < 1.29 is 0 Å². The van der Waals surface area contributed by atoms with Gasteiger partial charge in [0.05, 0.1) is 0 Å². The Balaban J connectivity index is 1.26. The number of piperidine rings is 4. The van der Waals surface area contributed by atoms with Crippen LogP contribution in [0.2, 0.25) is 17.5 Å². The van der Waals surface area contributed by atoms with Crippen molar-refractivity contribution in [2.24, 2.45) is 17.3 Å². The van der Waals surface area contributed by atoms with Gasteiger partial charge in [0.25, 0.3) is 0 Å². The molecule has 5 aliphatic heterocycles. The molecule has 8 unspecified atom stereocenters. The Morgan fingerprint density at radius 3 is 1.87 bits per heavy atom. The summed E-state index contributed by atoms with van der Waals surface area (Å²) >= 11 is 0. The first-order valence-electron chi connectivity index (χ1n) is 18.3. The summed E-state index contributed by atoms with van der Waals surface area (Å²) in [6.07, 6.45) is 28.4. The summed E-state index contributed by atoms with van der Waals surface area (Å²) in [5, 5.41) is 12.9. The zero-order valence-electron chi connectivity index (χ0n) is 25.1. The summed E-state index contributed by atoms with van der Waals surface area (Å²) in [4.78, 5) is 3.24. The van der Waals surface area contributed by atoms with Crippen molar-refractivity contribution in [3.8, 4) is 0 Å². The quantitative estimate of drug-likeness (QED) is 0.367. The standard InChI is InChI=1S/C34H59BN4/c1-3-11-24(12-4-1)35-28-16-8-7-15-26(28)34(27-23-36-22-19-29(27)35)32-30(17-9-20-37-32)39(25-13-5-2-6-14-25)31-18-10-21-38-33(31)34/h24-33,36-38H,1-23H2. The minimum atomic E-state index is 0.454. The second-order valence-corrected chi connectivity index (χ2v) is 15.8. The fraction of sp³-hybridized carbons (Fsp3) is 1.00. The van der Waals surface area contributed by atoms with Gasteiger partial charge in [-0.2, -0.15) is 0 Å². The van der Waals surface area contributed by atoms with Crippen LogP contribution in [0.25, 0.3) is 0 Å². The maximum Gasteiger partial charge on any atom is 0.150 e. The van der Waals surface area contributed by atoms with Gasteiger partial charge in [-0.3, -0.25) is 4.90 Å². The van der Waals surface area contributed by atoms with E-state index < -0.39 is 0 Å². The van der Waals surface area contributed by atoms with Crippen molar-refractivity contribution in [1.29, 1.82) is 0 Å². The Labute approximate surface area is 240 Å². The number of hydrogen-bond donors (Lipinski definition) is 3. The van der Waals surface area contributed by atoms with E-state index in [4.69, 9.17) is 0 Å². The van der Waals surface area contributed by atoms with E-state index in [1.165, 1.54) is 129 Å². The van der Waals surface area contributed by atoms with E-state index in [2.05, 4.69) is 20.9 Å². The van der Waals surface area contributed by atoms with Crippen LogP contribution in [-0.4, -0.2) is 68.0 Å². The molecule has 8 atom stereocenters. The molecule has 3 aliphatic carbocycles. The van der Waals surface area contributed by atoms with Crippen molar-refractivity contribution in [3.63, 3.8) is 0 Å². The van der Waals surface area contributed by atoms with Crippen LogP contribution < -0.4 is 16.0 Å². The third-order valence-electron chi connectivity index (χ3n) is 14.5. The molecule has 0 aromatic rings. The van der Waals surface area contributed by atoms with Crippen molar-refractivity contribution in [2.75, 3.05) is 26.2 Å². The first-order chi connectivity index (χ1) is 19.4. The Morgan fingerprint density at radius 2 is 1.15 bits per heavy atom. The lowest BCUT2D eigenvalue weighted by Gasteiger charge is -2.74. The number of hydrogen-bond acceptors (Lipinski definition) is 4. The number of nitrogens with zero attached hydrogens (tertiary/aromatic N) is 1. The second-order valence-electron chi connectivity index (χ2n) is 15.8. The maximum absolute atomic E-state index is 4.43.